The van der Waals surface area contributed by atoms with Crippen molar-refractivity contribution in [3.05, 3.63) is 24.3 Å². The highest BCUT2D eigenvalue weighted by atomic mass is 28.3. The van der Waals surface area contributed by atoms with Crippen molar-refractivity contribution in [3.63, 3.8) is 0 Å². The monoisotopic (exact) mass is 240 g/mol. The number of hydrogen-bond donors (Lipinski definition) is 2. The molecule has 16 heavy (non-hydrogen) atoms. The van der Waals surface area contributed by atoms with Crippen molar-refractivity contribution in [2.24, 2.45) is 0 Å². The van der Waals surface area contributed by atoms with Crippen molar-refractivity contribution >= 4 is 13.3 Å². The van der Waals surface area contributed by atoms with Gasteiger partial charge in [-0.3, -0.25) is 0 Å². The number of hydrogen-bond acceptors (Lipinski definition) is 3. The van der Waals surface area contributed by atoms with Crippen molar-refractivity contribution in [1.29, 1.82) is 0 Å². The Kier molecular flexibility index (Phi) is 4.98. The fourth-order valence-corrected chi connectivity index (χ4v) is 4.69. The molecule has 0 radical (unpaired) electrons. The van der Waals surface area contributed by atoms with E-state index in [1.807, 2.05) is 12.1 Å². The Morgan fingerprint density at radius 3 is 1.94 bits per heavy atom. The minimum absolute atomic E-state index is 0.189. The minimum atomic E-state index is -1.72. The number of aliphatic hydroxyl groups is 2. The van der Waals surface area contributed by atoms with Gasteiger partial charge >= 0.3 is 0 Å². The Hall–Kier alpha value is -0.843. The topological polar surface area (TPSA) is 49.7 Å². The van der Waals surface area contributed by atoms with Gasteiger partial charge in [-0.25, -0.2) is 0 Å². The van der Waals surface area contributed by atoms with Crippen LogP contribution in [0.25, 0.3) is 0 Å². The van der Waals surface area contributed by atoms with Crippen LogP contribution in [0, 0.1) is 0 Å². The van der Waals surface area contributed by atoms with E-state index in [1.165, 1.54) is 5.19 Å². The molecular weight excluding hydrogens is 220 g/mol. The second-order valence-electron chi connectivity index (χ2n) is 4.24. The highest BCUT2D eigenvalue weighted by Crippen LogP contribution is 2.17. The molecule has 0 unspecified atom stereocenters. The maximum absolute atomic E-state index is 9.12. The molecule has 0 fully saturated rings. The van der Waals surface area contributed by atoms with Crippen LogP contribution in [0.1, 0.15) is 0 Å². The van der Waals surface area contributed by atoms with Gasteiger partial charge in [-0.05, 0) is 24.2 Å². The zero-order valence-electron chi connectivity index (χ0n) is 9.94. The van der Waals surface area contributed by atoms with Crippen LogP contribution in [0.2, 0.25) is 18.6 Å². The Balaban J connectivity index is 2.91. The van der Waals surface area contributed by atoms with E-state index in [1.54, 1.807) is 7.11 Å². The highest BCUT2D eigenvalue weighted by Gasteiger charge is 2.28. The number of methoxy groups -OCH3 is 1. The predicted octanol–water partition coefficient (Wildman–Crippen LogP) is 0.965. The highest BCUT2D eigenvalue weighted by molar-refractivity contribution is 6.90. The van der Waals surface area contributed by atoms with Crippen LogP contribution < -0.4 is 9.92 Å². The van der Waals surface area contributed by atoms with Gasteiger partial charge < -0.3 is 14.9 Å². The first-order chi connectivity index (χ1) is 7.66. The summed E-state index contributed by atoms with van der Waals surface area (Å²) in [5, 5.41) is 19.5. The second-order valence-corrected chi connectivity index (χ2v) is 8.94. The van der Waals surface area contributed by atoms with E-state index in [0.29, 0.717) is 0 Å². The first kappa shape index (κ1) is 13.2. The molecule has 0 saturated carbocycles. The van der Waals surface area contributed by atoms with Crippen LogP contribution >= 0.6 is 0 Å². The number of aliphatic hydroxyl groups excluding tert-OH is 2. The summed E-state index contributed by atoms with van der Waals surface area (Å²) in [6.07, 6.45) is 0. The lowest BCUT2D eigenvalue weighted by Gasteiger charge is -2.26. The summed E-state index contributed by atoms with van der Waals surface area (Å²) in [5.74, 6) is 0.841. The van der Waals surface area contributed by atoms with Gasteiger partial charge in [0.2, 0.25) is 0 Å². The Labute approximate surface area is 97.7 Å². The summed E-state index contributed by atoms with van der Waals surface area (Å²) in [4.78, 5) is 0. The lowest BCUT2D eigenvalue weighted by molar-refractivity contribution is 0.308. The molecule has 0 bridgehead atoms. The largest absolute Gasteiger partial charge is 0.497 e. The van der Waals surface area contributed by atoms with Crippen LogP contribution in [-0.4, -0.2) is 38.6 Å². The van der Waals surface area contributed by atoms with Crippen LogP contribution in [0.5, 0.6) is 5.75 Å². The van der Waals surface area contributed by atoms with E-state index in [0.717, 1.165) is 17.8 Å². The Morgan fingerprint density at radius 2 is 1.56 bits per heavy atom. The van der Waals surface area contributed by atoms with E-state index >= 15 is 0 Å². The summed E-state index contributed by atoms with van der Waals surface area (Å²) in [5.41, 5.74) is 0. The number of benzene rings is 1. The normalized spacial score (nSPS) is 11.5. The molecule has 0 aliphatic rings. The Bertz CT molecular complexity index is 305. The molecule has 90 valence electrons. The van der Waals surface area contributed by atoms with Gasteiger partial charge in [0.05, 0.1) is 15.2 Å². The zero-order chi connectivity index (χ0) is 12.0. The molecule has 0 spiro atoms. The molecule has 1 rings (SSSR count). The summed E-state index contributed by atoms with van der Waals surface area (Å²) >= 11 is 0. The third kappa shape index (κ3) is 3.07. The summed E-state index contributed by atoms with van der Waals surface area (Å²) in [7, 11) is -0.0709. The quantitative estimate of drug-likeness (QED) is 0.728. The number of ether oxygens (including phenoxy) is 1. The number of rotatable bonds is 6. The molecule has 0 saturated heterocycles. The Morgan fingerprint density at radius 1 is 1.06 bits per heavy atom. The van der Waals surface area contributed by atoms with Gasteiger partial charge in [-0.15, -0.1) is 0 Å². The summed E-state index contributed by atoms with van der Waals surface area (Å²) in [6, 6.07) is 9.57. The zero-order valence-corrected chi connectivity index (χ0v) is 10.9. The smallest absolute Gasteiger partial charge is 0.118 e. The van der Waals surface area contributed by atoms with Gasteiger partial charge in [0, 0.05) is 13.2 Å². The maximum atomic E-state index is 9.12. The van der Waals surface area contributed by atoms with Crippen LogP contribution in [0.4, 0.5) is 0 Å². The first-order valence-corrected chi connectivity index (χ1v) is 8.44. The molecule has 0 aliphatic carbocycles. The lowest BCUT2D eigenvalue weighted by atomic mass is 10.3. The van der Waals surface area contributed by atoms with E-state index < -0.39 is 8.07 Å². The van der Waals surface area contributed by atoms with Crippen LogP contribution in [0.3, 0.4) is 0 Å². The molecule has 0 heterocycles. The van der Waals surface area contributed by atoms with Gasteiger partial charge in [0.1, 0.15) is 5.75 Å². The van der Waals surface area contributed by atoms with Crippen LogP contribution in [-0.2, 0) is 0 Å². The van der Waals surface area contributed by atoms with Gasteiger partial charge in [-0.2, -0.15) is 0 Å². The second kappa shape index (κ2) is 6.03. The molecule has 4 heteroatoms. The third-order valence-corrected chi connectivity index (χ3v) is 7.50. The van der Waals surface area contributed by atoms with E-state index in [4.69, 9.17) is 14.9 Å². The van der Waals surface area contributed by atoms with Gasteiger partial charge in [0.15, 0.2) is 0 Å². The minimum Gasteiger partial charge on any atom is -0.497 e. The molecular formula is C12H20O3Si. The molecule has 1 aromatic carbocycles. The van der Waals surface area contributed by atoms with Crippen molar-refractivity contribution in [2.45, 2.75) is 18.6 Å². The van der Waals surface area contributed by atoms with E-state index in [-0.39, 0.29) is 13.2 Å². The molecule has 0 aliphatic heterocycles. The molecule has 0 atom stereocenters. The molecule has 1 aromatic rings. The third-order valence-electron chi connectivity index (χ3n) is 3.11. The predicted molar refractivity (Wildman–Crippen MR) is 68.0 cm³/mol. The SMILES string of the molecule is COc1ccc([Si](C)(CCO)CCO)cc1. The fraction of sp³-hybridized carbons (Fsp3) is 0.500. The van der Waals surface area contributed by atoms with Crippen LogP contribution in [0.15, 0.2) is 24.3 Å². The van der Waals surface area contributed by atoms with Crippen molar-refractivity contribution in [1.82, 2.24) is 0 Å². The molecule has 0 amide bonds. The average Bonchev–Trinajstić information content (AvgIpc) is 2.30. The lowest BCUT2D eigenvalue weighted by Crippen LogP contribution is -2.45. The molecule has 2 N–H and O–H groups in total. The van der Waals surface area contributed by atoms with E-state index in [9.17, 15) is 0 Å². The molecule has 3 nitrogen and oxygen atoms in total. The van der Waals surface area contributed by atoms with Crippen molar-refractivity contribution in [3.8, 4) is 5.75 Å². The summed E-state index contributed by atoms with van der Waals surface area (Å²) in [6.45, 7) is 2.57. The average molecular weight is 240 g/mol. The van der Waals surface area contributed by atoms with Crippen molar-refractivity contribution in [2.75, 3.05) is 20.3 Å². The van der Waals surface area contributed by atoms with E-state index in [2.05, 4.69) is 18.7 Å². The fourth-order valence-electron chi connectivity index (χ4n) is 1.90. The van der Waals surface area contributed by atoms with Gasteiger partial charge in [0.25, 0.3) is 0 Å². The summed E-state index contributed by atoms with van der Waals surface area (Å²) < 4.78 is 5.12. The maximum Gasteiger partial charge on any atom is 0.118 e. The van der Waals surface area contributed by atoms with Crippen molar-refractivity contribution < 1.29 is 14.9 Å². The first-order valence-electron chi connectivity index (χ1n) is 5.52. The molecule has 0 aromatic heterocycles. The van der Waals surface area contributed by atoms with Gasteiger partial charge in [-0.1, -0.05) is 23.9 Å². The standard InChI is InChI=1S/C12H20O3Si/c1-15-11-3-5-12(6-4-11)16(2,9-7-13)10-8-14/h3-6,13-14H,7-10H2,1-2H3.